The number of nitriles is 1. The molecule has 0 unspecified atom stereocenters. The summed E-state index contributed by atoms with van der Waals surface area (Å²) in [6, 6.07) is 12.5. The molecule has 0 atom stereocenters. The Kier molecular flexibility index (Phi) is 7.31. The fourth-order valence-electron chi connectivity index (χ4n) is 2.94. The van der Waals surface area contributed by atoms with Crippen LogP contribution in [0.25, 0.3) is 0 Å². The molecule has 5 heteroatoms. The number of benzene rings is 1. The normalized spacial score (nSPS) is 15.8. The minimum absolute atomic E-state index is 0.160. The number of carbonyl (C=O) groups is 1. The number of carbonyl (C=O) groups excluding carboxylic acids is 1. The summed E-state index contributed by atoms with van der Waals surface area (Å²) in [6.45, 7) is 2.54. The van der Waals surface area contributed by atoms with Gasteiger partial charge in [-0.05, 0) is 30.7 Å². The third-order valence-corrected chi connectivity index (χ3v) is 4.32. The van der Waals surface area contributed by atoms with Crippen LogP contribution in [0.3, 0.4) is 0 Å². The van der Waals surface area contributed by atoms with Gasteiger partial charge in [0.05, 0.1) is 6.61 Å². The first kappa shape index (κ1) is 18.0. The number of methoxy groups -OCH3 is 1. The molecule has 1 fully saturated rings. The monoisotopic (exact) mass is 327 g/mol. The number of piperidine rings is 1. The number of amides is 1. The van der Waals surface area contributed by atoms with Gasteiger partial charge in [-0.3, -0.25) is 4.79 Å². The van der Waals surface area contributed by atoms with Crippen LogP contribution in [0.5, 0.6) is 0 Å². The Bertz CT molecular complexity index is 584. The molecule has 128 valence electrons. The van der Waals surface area contributed by atoms with Crippen molar-refractivity contribution in [3.05, 3.63) is 47.7 Å². The van der Waals surface area contributed by atoms with Gasteiger partial charge < -0.3 is 15.0 Å². The van der Waals surface area contributed by atoms with Gasteiger partial charge in [0, 0.05) is 32.9 Å². The number of nitrogens with one attached hydrogen (secondary N) is 1. The third kappa shape index (κ3) is 5.39. The predicted octanol–water partition coefficient (Wildman–Crippen LogP) is 2.11. The smallest absolute Gasteiger partial charge is 0.265 e. The Morgan fingerprint density at radius 3 is 2.71 bits per heavy atom. The molecule has 1 amide bonds. The predicted molar refractivity (Wildman–Crippen MR) is 93.0 cm³/mol. The summed E-state index contributed by atoms with van der Waals surface area (Å²) in [6.07, 6.45) is 4.52. The van der Waals surface area contributed by atoms with Gasteiger partial charge in [-0.15, -0.1) is 0 Å². The van der Waals surface area contributed by atoms with E-state index >= 15 is 0 Å². The second kappa shape index (κ2) is 9.74. The van der Waals surface area contributed by atoms with Gasteiger partial charge in [-0.2, -0.15) is 5.26 Å². The molecule has 0 saturated carbocycles. The van der Waals surface area contributed by atoms with Gasteiger partial charge in [-0.1, -0.05) is 30.3 Å². The number of hydrogen-bond donors (Lipinski definition) is 1. The van der Waals surface area contributed by atoms with E-state index in [4.69, 9.17) is 4.74 Å². The minimum Gasteiger partial charge on any atom is -0.387 e. The molecule has 0 aliphatic carbocycles. The lowest BCUT2D eigenvalue weighted by Crippen LogP contribution is -2.39. The SMILES string of the molecule is COCCN/C=C(/C#N)C(=O)N1CCC(Cc2ccccc2)CC1. The first-order valence-corrected chi connectivity index (χ1v) is 8.40. The standard InChI is InChI=1S/C19H25N3O2/c1-24-12-9-21-15-18(14-20)19(23)22-10-7-17(8-11-22)13-16-5-3-2-4-6-16/h2-6,15,17,21H,7-13H2,1H3/b18-15-. The second-order valence-corrected chi connectivity index (χ2v) is 6.04. The van der Waals surface area contributed by atoms with Crippen molar-refractivity contribution in [3.8, 4) is 6.07 Å². The molecule has 0 aromatic heterocycles. The zero-order chi connectivity index (χ0) is 17.2. The Balaban J connectivity index is 1.82. The van der Waals surface area contributed by atoms with Crippen LogP contribution >= 0.6 is 0 Å². The van der Waals surface area contributed by atoms with Crippen LogP contribution in [0, 0.1) is 17.2 Å². The molecular weight excluding hydrogens is 302 g/mol. The van der Waals surface area contributed by atoms with Crippen molar-refractivity contribution in [2.75, 3.05) is 33.4 Å². The van der Waals surface area contributed by atoms with Crippen LogP contribution in [0.15, 0.2) is 42.1 Å². The molecule has 1 saturated heterocycles. The molecule has 2 rings (SSSR count). The summed E-state index contributed by atoms with van der Waals surface area (Å²) in [5.74, 6) is 0.423. The van der Waals surface area contributed by atoms with Crippen molar-refractivity contribution in [2.45, 2.75) is 19.3 Å². The number of ether oxygens (including phenoxy) is 1. The van der Waals surface area contributed by atoms with Gasteiger partial charge in [0.2, 0.25) is 0 Å². The summed E-state index contributed by atoms with van der Waals surface area (Å²) < 4.78 is 4.92. The molecule has 1 N–H and O–H groups in total. The Morgan fingerprint density at radius 2 is 2.08 bits per heavy atom. The molecule has 0 bridgehead atoms. The van der Waals surface area contributed by atoms with E-state index in [2.05, 4.69) is 29.6 Å². The van der Waals surface area contributed by atoms with Crippen molar-refractivity contribution in [1.82, 2.24) is 10.2 Å². The lowest BCUT2D eigenvalue weighted by Gasteiger charge is -2.32. The van der Waals surface area contributed by atoms with E-state index in [9.17, 15) is 10.1 Å². The van der Waals surface area contributed by atoms with Crippen LogP contribution in [-0.4, -0.2) is 44.2 Å². The summed E-state index contributed by atoms with van der Waals surface area (Å²) in [5.41, 5.74) is 1.51. The Labute approximate surface area is 143 Å². The molecular formula is C19H25N3O2. The van der Waals surface area contributed by atoms with E-state index in [0.717, 1.165) is 19.3 Å². The van der Waals surface area contributed by atoms with Gasteiger partial charge in [0.1, 0.15) is 11.6 Å². The van der Waals surface area contributed by atoms with Crippen LogP contribution in [0.4, 0.5) is 0 Å². The summed E-state index contributed by atoms with van der Waals surface area (Å²) >= 11 is 0. The van der Waals surface area contributed by atoms with E-state index in [1.54, 1.807) is 12.0 Å². The van der Waals surface area contributed by atoms with Crippen molar-refractivity contribution in [1.29, 1.82) is 5.26 Å². The Morgan fingerprint density at radius 1 is 1.38 bits per heavy atom. The zero-order valence-electron chi connectivity index (χ0n) is 14.2. The van der Waals surface area contributed by atoms with Gasteiger partial charge in [0.15, 0.2) is 0 Å². The average Bonchev–Trinajstić information content (AvgIpc) is 2.63. The van der Waals surface area contributed by atoms with E-state index in [-0.39, 0.29) is 11.5 Å². The second-order valence-electron chi connectivity index (χ2n) is 6.04. The molecule has 1 aromatic rings. The highest BCUT2D eigenvalue weighted by molar-refractivity contribution is 5.97. The fourth-order valence-corrected chi connectivity index (χ4v) is 2.94. The maximum atomic E-state index is 12.4. The molecule has 5 nitrogen and oxygen atoms in total. The van der Waals surface area contributed by atoms with E-state index in [0.29, 0.717) is 32.2 Å². The van der Waals surface area contributed by atoms with Crippen molar-refractivity contribution < 1.29 is 9.53 Å². The van der Waals surface area contributed by atoms with Gasteiger partial charge >= 0.3 is 0 Å². The summed E-state index contributed by atoms with van der Waals surface area (Å²) in [7, 11) is 1.61. The molecule has 1 aromatic carbocycles. The molecule has 0 radical (unpaired) electrons. The van der Waals surface area contributed by atoms with Gasteiger partial charge in [-0.25, -0.2) is 0 Å². The fraction of sp³-hybridized carbons (Fsp3) is 0.474. The maximum absolute atomic E-state index is 12.4. The third-order valence-electron chi connectivity index (χ3n) is 4.32. The molecule has 1 aliphatic heterocycles. The highest BCUT2D eigenvalue weighted by Crippen LogP contribution is 2.22. The first-order chi connectivity index (χ1) is 11.7. The number of hydrogen-bond acceptors (Lipinski definition) is 4. The highest BCUT2D eigenvalue weighted by Gasteiger charge is 2.25. The van der Waals surface area contributed by atoms with E-state index < -0.39 is 0 Å². The van der Waals surface area contributed by atoms with E-state index in [1.165, 1.54) is 11.8 Å². The topological polar surface area (TPSA) is 65.4 Å². The summed E-state index contributed by atoms with van der Waals surface area (Å²) in [4.78, 5) is 14.2. The highest BCUT2D eigenvalue weighted by atomic mass is 16.5. The number of likely N-dealkylation sites (tertiary alicyclic amines) is 1. The number of rotatable bonds is 7. The van der Waals surface area contributed by atoms with Crippen molar-refractivity contribution in [3.63, 3.8) is 0 Å². The molecule has 0 spiro atoms. The van der Waals surface area contributed by atoms with Crippen LogP contribution in [0.2, 0.25) is 0 Å². The average molecular weight is 327 g/mol. The van der Waals surface area contributed by atoms with Crippen LogP contribution < -0.4 is 5.32 Å². The molecule has 1 aliphatic rings. The van der Waals surface area contributed by atoms with Crippen LogP contribution in [-0.2, 0) is 16.0 Å². The van der Waals surface area contributed by atoms with Crippen molar-refractivity contribution in [2.24, 2.45) is 5.92 Å². The zero-order valence-corrected chi connectivity index (χ0v) is 14.2. The van der Waals surface area contributed by atoms with Crippen molar-refractivity contribution >= 4 is 5.91 Å². The van der Waals surface area contributed by atoms with Crippen LogP contribution in [0.1, 0.15) is 18.4 Å². The quantitative estimate of drug-likeness (QED) is 0.473. The van der Waals surface area contributed by atoms with Gasteiger partial charge in [0.25, 0.3) is 5.91 Å². The molecule has 1 heterocycles. The Hall–Kier alpha value is -2.32. The summed E-state index contributed by atoms with van der Waals surface area (Å²) in [5, 5.41) is 12.1. The first-order valence-electron chi connectivity index (χ1n) is 8.40. The number of nitrogens with zero attached hydrogens (tertiary/aromatic N) is 2. The largest absolute Gasteiger partial charge is 0.387 e. The lowest BCUT2D eigenvalue weighted by atomic mass is 9.90. The lowest BCUT2D eigenvalue weighted by molar-refractivity contribution is -0.128. The molecule has 24 heavy (non-hydrogen) atoms. The maximum Gasteiger partial charge on any atom is 0.265 e. The van der Waals surface area contributed by atoms with E-state index in [1.807, 2.05) is 12.1 Å². The minimum atomic E-state index is -0.180.